The van der Waals surface area contributed by atoms with E-state index >= 15 is 0 Å². The molecule has 0 aliphatic heterocycles. The molecule has 0 spiro atoms. The molecular weight excluding hydrogens is 232 g/mol. The average molecular weight is 260 g/mol. The molecule has 1 saturated carbocycles. The molecule has 0 aromatic carbocycles. The van der Waals surface area contributed by atoms with Crippen LogP contribution in [0.1, 0.15) is 51.6 Å². The molecule has 19 heavy (non-hydrogen) atoms. The lowest BCUT2D eigenvalue weighted by Gasteiger charge is -2.33. The van der Waals surface area contributed by atoms with Gasteiger partial charge in [-0.15, -0.1) is 0 Å². The lowest BCUT2D eigenvalue weighted by Crippen LogP contribution is -2.38. The van der Waals surface area contributed by atoms with Gasteiger partial charge in [-0.05, 0) is 56.2 Å². The van der Waals surface area contributed by atoms with Gasteiger partial charge < -0.3 is 5.32 Å². The zero-order valence-corrected chi connectivity index (χ0v) is 12.4. The number of hydrogen-bond donors (Lipinski definition) is 1. The lowest BCUT2D eigenvalue weighted by atomic mass is 9.78. The van der Waals surface area contributed by atoms with Gasteiger partial charge in [0.2, 0.25) is 0 Å². The smallest absolute Gasteiger partial charge is 0.0404 e. The molecule has 0 radical (unpaired) electrons. The molecule has 0 bridgehead atoms. The number of aromatic nitrogens is 1. The minimum absolute atomic E-state index is 0.680. The molecule has 1 heterocycles. The first kappa shape index (κ1) is 14.5. The first-order chi connectivity index (χ1) is 9.29. The van der Waals surface area contributed by atoms with E-state index in [0.29, 0.717) is 6.04 Å². The Labute approximate surface area is 118 Å². The van der Waals surface area contributed by atoms with E-state index < -0.39 is 0 Å². The standard InChI is InChI=1S/C17H28N2/c1-3-18-17(15-9-7-14(2)8-10-15)12-11-16-6-4-5-13-19-16/h4-6,13-15,17-18H,3,7-12H2,1-2H3. The van der Waals surface area contributed by atoms with Crippen LogP contribution in [0.3, 0.4) is 0 Å². The van der Waals surface area contributed by atoms with E-state index in [9.17, 15) is 0 Å². The maximum absolute atomic E-state index is 4.44. The van der Waals surface area contributed by atoms with Gasteiger partial charge in [0.25, 0.3) is 0 Å². The summed E-state index contributed by atoms with van der Waals surface area (Å²) in [5.74, 6) is 1.81. The fraction of sp³-hybridized carbons (Fsp3) is 0.706. The zero-order valence-electron chi connectivity index (χ0n) is 12.4. The van der Waals surface area contributed by atoms with Crippen LogP contribution in [0.2, 0.25) is 0 Å². The molecule has 2 heteroatoms. The third kappa shape index (κ3) is 4.61. The predicted molar refractivity (Wildman–Crippen MR) is 81.1 cm³/mol. The highest BCUT2D eigenvalue weighted by Crippen LogP contribution is 2.31. The van der Waals surface area contributed by atoms with Crippen molar-refractivity contribution in [3.05, 3.63) is 30.1 Å². The van der Waals surface area contributed by atoms with Crippen molar-refractivity contribution < 1.29 is 0 Å². The highest BCUT2D eigenvalue weighted by molar-refractivity contribution is 5.04. The predicted octanol–water partition coefficient (Wildman–Crippen LogP) is 3.82. The van der Waals surface area contributed by atoms with Crippen LogP contribution < -0.4 is 5.32 Å². The van der Waals surface area contributed by atoms with Crippen molar-refractivity contribution >= 4 is 0 Å². The van der Waals surface area contributed by atoms with Crippen molar-refractivity contribution in [1.82, 2.24) is 10.3 Å². The summed E-state index contributed by atoms with van der Waals surface area (Å²) >= 11 is 0. The second-order valence-electron chi connectivity index (χ2n) is 6.04. The van der Waals surface area contributed by atoms with Crippen molar-refractivity contribution in [3.63, 3.8) is 0 Å². The van der Waals surface area contributed by atoms with Gasteiger partial charge in [0.15, 0.2) is 0 Å². The van der Waals surface area contributed by atoms with E-state index in [2.05, 4.69) is 36.3 Å². The van der Waals surface area contributed by atoms with Crippen molar-refractivity contribution in [2.24, 2.45) is 11.8 Å². The minimum atomic E-state index is 0.680. The second kappa shape index (κ2) is 7.64. The lowest BCUT2D eigenvalue weighted by molar-refractivity contribution is 0.224. The fourth-order valence-electron chi connectivity index (χ4n) is 3.30. The highest BCUT2D eigenvalue weighted by atomic mass is 14.9. The van der Waals surface area contributed by atoms with E-state index in [0.717, 1.165) is 24.8 Å². The summed E-state index contributed by atoms with van der Waals surface area (Å²) in [7, 11) is 0. The minimum Gasteiger partial charge on any atom is -0.314 e. The Morgan fingerprint density at radius 1 is 1.26 bits per heavy atom. The van der Waals surface area contributed by atoms with Gasteiger partial charge in [-0.3, -0.25) is 4.98 Å². The topological polar surface area (TPSA) is 24.9 Å². The summed E-state index contributed by atoms with van der Waals surface area (Å²) < 4.78 is 0. The van der Waals surface area contributed by atoms with Gasteiger partial charge in [-0.1, -0.05) is 32.8 Å². The van der Waals surface area contributed by atoms with Gasteiger partial charge in [0.1, 0.15) is 0 Å². The van der Waals surface area contributed by atoms with Crippen LogP contribution in [0, 0.1) is 11.8 Å². The molecule has 0 saturated heterocycles. The van der Waals surface area contributed by atoms with E-state index in [1.165, 1.54) is 37.8 Å². The highest BCUT2D eigenvalue weighted by Gasteiger charge is 2.25. The molecule has 1 unspecified atom stereocenters. The van der Waals surface area contributed by atoms with E-state index in [-0.39, 0.29) is 0 Å². The van der Waals surface area contributed by atoms with Crippen molar-refractivity contribution in [2.75, 3.05) is 6.54 Å². The Kier molecular flexibility index (Phi) is 5.84. The van der Waals surface area contributed by atoms with Gasteiger partial charge in [-0.25, -0.2) is 0 Å². The summed E-state index contributed by atoms with van der Waals surface area (Å²) in [5.41, 5.74) is 1.23. The number of rotatable bonds is 6. The van der Waals surface area contributed by atoms with Crippen LogP contribution in [0.25, 0.3) is 0 Å². The molecule has 1 atom stereocenters. The molecule has 106 valence electrons. The maximum atomic E-state index is 4.44. The molecule has 1 aromatic rings. The zero-order chi connectivity index (χ0) is 13.5. The number of nitrogens with one attached hydrogen (secondary N) is 1. The van der Waals surface area contributed by atoms with E-state index in [1.54, 1.807) is 0 Å². The first-order valence-electron chi connectivity index (χ1n) is 7.93. The number of pyridine rings is 1. The molecule has 2 rings (SSSR count). The van der Waals surface area contributed by atoms with Gasteiger partial charge >= 0.3 is 0 Å². The Morgan fingerprint density at radius 3 is 2.68 bits per heavy atom. The van der Waals surface area contributed by atoms with Gasteiger partial charge in [0, 0.05) is 17.9 Å². The van der Waals surface area contributed by atoms with Crippen LogP contribution in [0.5, 0.6) is 0 Å². The molecule has 1 fully saturated rings. The van der Waals surface area contributed by atoms with Crippen LogP contribution in [0.15, 0.2) is 24.4 Å². The Balaban J connectivity index is 1.85. The van der Waals surface area contributed by atoms with Gasteiger partial charge in [0.05, 0.1) is 0 Å². The average Bonchev–Trinajstić information content (AvgIpc) is 2.46. The largest absolute Gasteiger partial charge is 0.314 e. The van der Waals surface area contributed by atoms with E-state index in [1.807, 2.05) is 12.3 Å². The van der Waals surface area contributed by atoms with Crippen molar-refractivity contribution in [2.45, 2.75) is 58.4 Å². The number of hydrogen-bond acceptors (Lipinski definition) is 2. The van der Waals surface area contributed by atoms with Crippen LogP contribution in [0.4, 0.5) is 0 Å². The molecule has 1 N–H and O–H groups in total. The molecular formula is C17H28N2. The van der Waals surface area contributed by atoms with Gasteiger partial charge in [-0.2, -0.15) is 0 Å². The number of nitrogens with zero attached hydrogens (tertiary/aromatic N) is 1. The summed E-state index contributed by atoms with van der Waals surface area (Å²) in [6.45, 7) is 5.70. The molecule has 2 nitrogen and oxygen atoms in total. The van der Waals surface area contributed by atoms with Crippen LogP contribution in [-0.2, 0) is 6.42 Å². The number of aryl methyl sites for hydroxylation is 1. The van der Waals surface area contributed by atoms with Crippen molar-refractivity contribution in [3.8, 4) is 0 Å². The summed E-state index contributed by atoms with van der Waals surface area (Å²) in [4.78, 5) is 4.44. The Morgan fingerprint density at radius 2 is 2.05 bits per heavy atom. The molecule has 1 aliphatic carbocycles. The third-order valence-electron chi connectivity index (χ3n) is 4.53. The van der Waals surface area contributed by atoms with Crippen LogP contribution >= 0.6 is 0 Å². The molecule has 1 aromatic heterocycles. The maximum Gasteiger partial charge on any atom is 0.0404 e. The summed E-state index contributed by atoms with van der Waals surface area (Å²) in [6, 6.07) is 6.91. The molecule has 1 aliphatic rings. The first-order valence-corrected chi connectivity index (χ1v) is 7.93. The Bertz CT molecular complexity index is 342. The second-order valence-corrected chi connectivity index (χ2v) is 6.04. The van der Waals surface area contributed by atoms with E-state index in [4.69, 9.17) is 0 Å². The normalized spacial score (nSPS) is 25.2. The SMILES string of the molecule is CCNC(CCc1ccccn1)C1CCC(C)CC1. The summed E-state index contributed by atoms with van der Waals surface area (Å²) in [6.07, 6.45) is 9.86. The Hall–Kier alpha value is -0.890. The monoisotopic (exact) mass is 260 g/mol. The third-order valence-corrected chi connectivity index (χ3v) is 4.53. The molecule has 0 amide bonds. The fourth-order valence-corrected chi connectivity index (χ4v) is 3.30. The quantitative estimate of drug-likeness (QED) is 0.841. The van der Waals surface area contributed by atoms with Crippen LogP contribution in [-0.4, -0.2) is 17.6 Å². The van der Waals surface area contributed by atoms with Crippen molar-refractivity contribution in [1.29, 1.82) is 0 Å². The summed E-state index contributed by atoms with van der Waals surface area (Å²) in [5, 5.41) is 3.71.